The summed E-state index contributed by atoms with van der Waals surface area (Å²) < 4.78 is 0. The van der Waals surface area contributed by atoms with Crippen molar-refractivity contribution in [3.8, 4) is 0 Å². The summed E-state index contributed by atoms with van der Waals surface area (Å²) in [6.45, 7) is 2.41. The average molecular weight is 324 g/mol. The van der Waals surface area contributed by atoms with E-state index in [2.05, 4.69) is 5.32 Å². The second kappa shape index (κ2) is 8.87. The van der Waals surface area contributed by atoms with Gasteiger partial charge in [0.15, 0.2) is 0 Å². The van der Waals surface area contributed by atoms with E-state index in [0.717, 1.165) is 17.5 Å². The number of rotatable bonds is 8. The average Bonchev–Trinajstić information content (AvgIpc) is 2.60. The SMILES string of the molecule is CCC(C(N)=O)C(C(=O)NCCc1ccccc1)c1ccccc1. The number of primary amides is 1. The van der Waals surface area contributed by atoms with E-state index in [-0.39, 0.29) is 5.91 Å². The molecule has 0 saturated heterocycles. The molecule has 0 aromatic heterocycles. The van der Waals surface area contributed by atoms with Crippen LogP contribution in [0.3, 0.4) is 0 Å². The molecule has 2 aromatic rings. The number of hydrogen-bond acceptors (Lipinski definition) is 2. The maximum absolute atomic E-state index is 12.7. The number of benzene rings is 2. The lowest BCUT2D eigenvalue weighted by Crippen LogP contribution is -2.39. The lowest BCUT2D eigenvalue weighted by Gasteiger charge is -2.23. The summed E-state index contributed by atoms with van der Waals surface area (Å²) in [6.07, 6.45) is 1.28. The quantitative estimate of drug-likeness (QED) is 0.783. The minimum absolute atomic E-state index is 0.150. The number of nitrogens with one attached hydrogen (secondary N) is 1. The Kier molecular flexibility index (Phi) is 6.55. The molecule has 0 aliphatic rings. The minimum Gasteiger partial charge on any atom is -0.369 e. The van der Waals surface area contributed by atoms with Crippen LogP contribution in [-0.4, -0.2) is 18.4 Å². The van der Waals surface area contributed by atoms with Gasteiger partial charge in [0.1, 0.15) is 0 Å². The van der Waals surface area contributed by atoms with Crippen LogP contribution in [0.15, 0.2) is 60.7 Å². The van der Waals surface area contributed by atoms with Crippen LogP contribution >= 0.6 is 0 Å². The molecule has 2 atom stereocenters. The van der Waals surface area contributed by atoms with Crippen molar-refractivity contribution in [2.24, 2.45) is 11.7 Å². The van der Waals surface area contributed by atoms with E-state index >= 15 is 0 Å². The smallest absolute Gasteiger partial charge is 0.228 e. The molecule has 0 spiro atoms. The first-order valence-corrected chi connectivity index (χ1v) is 8.29. The molecule has 2 aromatic carbocycles. The van der Waals surface area contributed by atoms with Gasteiger partial charge in [0, 0.05) is 6.54 Å². The van der Waals surface area contributed by atoms with E-state index in [1.807, 2.05) is 67.6 Å². The van der Waals surface area contributed by atoms with Gasteiger partial charge in [-0.1, -0.05) is 67.6 Å². The van der Waals surface area contributed by atoms with Crippen LogP contribution in [0, 0.1) is 5.92 Å². The van der Waals surface area contributed by atoms with Crippen molar-refractivity contribution in [3.63, 3.8) is 0 Å². The summed E-state index contributed by atoms with van der Waals surface area (Å²) in [7, 11) is 0. The van der Waals surface area contributed by atoms with Crippen molar-refractivity contribution in [3.05, 3.63) is 71.8 Å². The Morgan fingerprint density at radius 3 is 2.12 bits per heavy atom. The van der Waals surface area contributed by atoms with Gasteiger partial charge in [-0.25, -0.2) is 0 Å². The Bertz CT molecular complexity index is 656. The van der Waals surface area contributed by atoms with Crippen molar-refractivity contribution < 1.29 is 9.59 Å². The van der Waals surface area contributed by atoms with E-state index in [1.165, 1.54) is 0 Å². The molecule has 3 N–H and O–H groups in total. The summed E-state index contributed by atoms with van der Waals surface area (Å²) in [5, 5.41) is 2.95. The zero-order valence-corrected chi connectivity index (χ0v) is 13.9. The molecular weight excluding hydrogens is 300 g/mol. The second-order valence-electron chi connectivity index (χ2n) is 5.83. The van der Waals surface area contributed by atoms with Gasteiger partial charge in [-0.05, 0) is 24.0 Å². The van der Waals surface area contributed by atoms with Crippen LogP contribution in [0.25, 0.3) is 0 Å². The summed E-state index contributed by atoms with van der Waals surface area (Å²) in [5.41, 5.74) is 7.51. The van der Waals surface area contributed by atoms with Crippen molar-refractivity contribution in [1.29, 1.82) is 0 Å². The second-order valence-corrected chi connectivity index (χ2v) is 5.83. The third kappa shape index (κ3) is 4.69. The summed E-state index contributed by atoms with van der Waals surface area (Å²) >= 11 is 0. The van der Waals surface area contributed by atoms with Gasteiger partial charge in [0.25, 0.3) is 0 Å². The third-order valence-corrected chi connectivity index (χ3v) is 4.20. The number of carbonyl (C=O) groups excluding carboxylic acids is 2. The Hall–Kier alpha value is -2.62. The lowest BCUT2D eigenvalue weighted by atomic mass is 9.83. The topological polar surface area (TPSA) is 72.2 Å². The molecule has 4 nitrogen and oxygen atoms in total. The molecule has 0 aliphatic heterocycles. The highest BCUT2D eigenvalue weighted by atomic mass is 16.2. The Labute approximate surface area is 143 Å². The van der Waals surface area contributed by atoms with Gasteiger partial charge in [0.05, 0.1) is 11.8 Å². The fourth-order valence-electron chi connectivity index (χ4n) is 2.91. The molecular formula is C20H24N2O2. The highest BCUT2D eigenvalue weighted by Gasteiger charge is 2.32. The third-order valence-electron chi connectivity index (χ3n) is 4.20. The maximum Gasteiger partial charge on any atom is 0.228 e. The van der Waals surface area contributed by atoms with E-state index in [1.54, 1.807) is 0 Å². The lowest BCUT2D eigenvalue weighted by molar-refractivity contribution is -0.130. The first-order chi connectivity index (χ1) is 11.6. The fourth-order valence-corrected chi connectivity index (χ4v) is 2.91. The molecule has 0 radical (unpaired) electrons. The van der Waals surface area contributed by atoms with Crippen LogP contribution in [0.2, 0.25) is 0 Å². The van der Waals surface area contributed by atoms with Crippen LogP contribution in [0.1, 0.15) is 30.4 Å². The van der Waals surface area contributed by atoms with Gasteiger partial charge < -0.3 is 11.1 Å². The first kappa shape index (κ1) is 17.7. The van der Waals surface area contributed by atoms with Gasteiger partial charge in [-0.2, -0.15) is 0 Å². The van der Waals surface area contributed by atoms with E-state index in [0.29, 0.717) is 13.0 Å². The summed E-state index contributed by atoms with van der Waals surface area (Å²) in [5.74, 6) is -1.65. The van der Waals surface area contributed by atoms with Crippen LogP contribution in [-0.2, 0) is 16.0 Å². The normalized spacial score (nSPS) is 13.0. The standard InChI is InChI=1S/C20H24N2O2/c1-2-17(19(21)23)18(16-11-7-4-8-12-16)20(24)22-14-13-15-9-5-3-6-10-15/h3-12,17-18H,2,13-14H2,1H3,(H2,21,23)(H,22,24). The summed E-state index contributed by atoms with van der Waals surface area (Å²) in [4.78, 5) is 24.5. The molecule has 126 valence electrons. The number of carbonyl (C=O) groups is 2. The van der Waals surface area contributed by atoms with Crippen molar-refractivity contribution >= 4 is 11.8 Å². The largest absolute Gasteiger partial charge is 0.369 e. The van der Waals surface area contributed by atoms with Gasteiger partial charge in [0.2, 0.25) is 11.8 Å². The van der Waals surface area contributed by atoms with Crippen LogP contribution in [0.4, 0.5) is 0 Å². The van der Waals surface area contributed by atoms with E-state index in [4.69, 9.17) is 5.73 Å². The predicted octanol–water partition coefficient (Wildman–Crippen LogP) is 2.64. The fraction of sp³-hybridized carbons (Fsp3) is 0.300. The number of nitrogens with two attached hydrogens (primary N) is 1. The number of hydrogen-bond donors (Lipinski definition) is 2. The van der Waals surface area contributed by atoms with Crippen LogP contribution in [0.5, 0.6) is 0 Å². The maximum atomic E-state index is 12.7. The highest BCUT2D eigenvalue weighted by molar-refractivity contribution is 5.90. The van der Waals surface area contributed by atoms with Gasteiger partial charge >= 0.3 is 0 Å². The molecule has 0 bridgehead atoms. The van der Waals surface area contributed by atoms with Crippen molar-refractivity contribution in [2.45, 2.75) is 25.7 Å². The molecule has 2 rings (SSSR count). The zero-order chi connectivity index (χ0) is 17.4. The summed E-state index contributed by atoms with van der Waals surface area (Å²) in [6, 6.07) is 19.3. The van der Waals surface area contributed by atoms with E-state index in [9.17, 15) is 9.59 Å². The van der Waals surface area contributed by atoms with Crippen molar-refractivity contribution in [1.82, 2.24) is 5.32 Å². The zero-order valence-electron chi connectivity index (χ0n) is 13.9. The predicted molar refractivity (Wildman–Crippen MR) is 95.3 cm³/mol. The molecule has 24 heavy (non-hydrogen) atoms. The molecule has 0 saturated carbocycles. The van der Waals surface area contributed by atoms with Gasteiger partial charge in [-0.3, -0.25) is 9.59 Å². The highest BCUT2D eigenvalue weighted by Crippen LogP contribution is 2.27. The van der Waals surface area contributed by atoms with E-state index < -0.39 is 17.7 Å². The molecule has 2 unspecified atom stereocenters. The van der Waals surface area contributed by atoms with Crippen molar-refractivity contribution in [2.75, 3.05) is 6.54 Å². The molecule has 0 fully saturated rings. The molecule has 0 heterocycles. The first-order valence-electron chi connectivity index (χ1n) is 8.29. The monoisotopic (exact) mass is 324 g/mol. The van der Waals surface area contributed by atoms with Crippen LogP contribution < -0.4 is 11.1 Å². The Morgan fingerprint density at radius 1 is 1.00 bits per heavy atom. The van der Waals surface area contributed by atoms with Gasteiger partial charge in [-0.15, -0.1) is 0 Å². The Morgan fingerprint density at radius 2 is 1.58 bits per heavy atom. The minimum atomic E-state index is -0.551. The molecule has 4 heteroatoms. The number of amides is 2. The Balaban J connectivity index is 2.08. The molecule has 0 aliphatic carbocycles. The molecule has 2 amide bonds.